The number of piperazine rings is 1. The van der Waals surface area contributed by atoms with Gasteiger partial charge in [-0.25, -0.2) is 0 Å². The summed E-state index contributed by atoms with van der Waals surface area (Å²) in [6.45, 7) is 7.50. The molecule has 136 valence electrons. The second-order valence-electron chi connectivity index (χ2n) is 5.58. The molecule has 0 radical (unpaired) electrons. The Labute approximate surface area is 165 Å². The lowest BCUT2D eigenvalue weighted by atomic mass is 10.3. The van der Waals surface area contributed by atoms with Gasteiger partial charge in [0.1, 0.15) is 6.54 Å². The molecule has 1 aliphatic rings. The predicted octanol–water partition coefficient (Wildman–Crippen LogP) is 1.40. The van der Waals surface area contributed by atoms with Crippen LogP contribution in [0, 0.1) is 0 Å². The fourth-order valence-corrected chi connectivity index (χ4v) is 2.61. The molecule has 24 heavy (non-hydrogen) atoms. The zero-order chi connectivity index (χ0) is 16.8. The number of guanidine groups is 1. The van der Waals surface area contributed by atoms with E-state index in [9.17, 15) is 4.79 Å². The third-order valence-electron chi connectivity index (χ3n) is 3.76. The number of nitrogens with zero attached hydrogens (tertiary/aromatic N) is 5. The van der Waals surface area contributed by atoms with Crippen LogP contribution in [0.4, 0.5) is 5.69 Å². The second-order valence-corrected chi connectivity index (χ2v) is 6.86. The lowest BCUT2D eigenvalue weighted by molar-refractivity contribution is -0.120. The Bertz CT molecular complexity index is 564. The van der Waals surface area contributed by atoms with Gasteiger partial charge in [-0.2, -0.15) is 16.9 Å². The summed E-state index contributed by atoms with van der Waals surface area (Å²) >= 11 is 1.79. The number of halogens is 1. The predicted molar refractivity (Wildman–Crippen MR) is 112 cm³/mol. The minimum atomic E-state index is 0. The molecular weight excluding hydrogens is 439 g/mol. The molecule has 0 saturated carbocycles. The van der Waals surface area contributed by atoms with Gasteiger partial charge in [-0.15, -0.1) is 24.0 Å². The van der Waals surface area contributed by atoms with Crippen molar-refractivity contribution in [1.29, 1.82) is 0 Å². The third-order valence-corrected chi connectivity index (χ3v) is 4.71. The van der Waals surface area contributed by atoms with E-state index in [2.05, 4.69) is 28.6 Å². The molecule has 9 heteroatoms. The van der Waals surface area contributed by atoms with E-state index in [4.69, 9.17) is 0 Å². The van der Waals surface area contributed by atoms with E-state index >= 15 is 0 Å². The Morgan fingerprint density at radius 1 is 1.50 bits per heavy atom. The Balaban J connectivity index is 0.00000288. The fraction of sp³-hybridized carbons (Fsp3) is 0.667. The van der Waals surface area contributed by atoms with Crippen LogP contribution in [-0.4, -0.2) is 70.8 Å². The summed E-state index contributed by atoms with van der Waals surface area (Å²) < 4.78 is 1.71. The molecule has 1 saturated heterocycles. The van der Waals surface area contributed by atoms with Gasteiger partial charge in [-0.1, -0.05) is 6.92 Å². The molecule has 1 unspecified atom stereocenters. The number of anilines is 1. The number of aliphatic imine (C=N–C) groups is 1. The number of aryl methyl sites for hydroxylation is 1. The molecule has 0 bridgehead atoms. The first-order valence-corrected chi connectivity index (χ1v) is 9.19. The largest absolute Gasteiger partial charge is 0.357 e. The number of carbonyl (C=O) groups excluding carboxylic acids is 1. The van der Waals surface area contributed by atoms with E-state index in [1.165, 1.54) is 0 Å². The van der Waals surface area contributed by atoms with Crippen molar-refractivity contribution in [2.24, 2.45) is 12.0 Å². The maximum atomic E-state index is 12.5. The van der Waals surface area contributed by atoms with Crippen LogP contribution in [0.15, 0.2) is 17.4 Å². The highest BCUT2D eigenvalue weighted by atomic mass is 127. The lowest BCUT2D eigenvalue weighted by Crippen LogP contribution is -2.55. The maximum Gasteiger partial charge on any atom is 0.246 e. The maximum absolute atomic E-state index is 12.5. The number of hydrogen-bond donors (Lipinski definition) is 1. The standard InChI is InChI=1S/C15H26N6OS.HI/c1-5-16-15(17-8-12(2)23-4)20-6-7-21(14(22)11-20)13-9-18-19(3)10-13;/h9-10,12H,5-8,11H2,1-4H3,(H,16,17);1H. The molecule has 1 fully saturated rings. The van der Waals surface area contributed by atoms with E-state index in [1.54, 1.807) is 27.5 Å². The molecule has 2 heterocycles. The average Bonchev–Trinajstić information content (AvgIpc) is 2.97. The first kappa shape index (κ1) is 21.1. The molecule has 1 aliphatic heterocycles. The van der Waals surface area contributed by atoms with Gasteiger partial charge in [0.2, 0.25) is 5.91 Å². The Morgan fingerprint density at radius 3 is 2.79 bits per heavy atom. The highest BCUT2D eigenvalue weighted by Crippen LogP contribution is 2.16. The van der Waals surface area contributed by atoms with Crippen LogP contribution >= 0.6 is 35.7 Å². The van der Waals surface area contributed by atoms with Gasteiger partial charge in [0.05, 0.1) is 18.4 Å². The molecule has 1 N–H and O–H groups in total. The van der Waals surface area contributed by atoms with Gasteiger partial charge < -0.3 is 15.1 Å². The van der Waals surface area contributed by atoms with Gasteiger partial charge in [0, 0.05) is 38.1 Å². The van der Waals surface area contributed by atoms with Gasteiger partial charge in [-0.3, -0.25) is 14.5 Å². The number of thioether (sulfide) groups is 1. The van der Waals surface area contributed by atoms with E-state index in [0.717, 1.165) is 31.3 Å². The summed E-state index contributed by atoms with van der Waals surface area (Å²) in [5.74, 6) is 0.903. The number of carbonyl (C=O) groups is 1. The molecule has 0 aromatic carbocycles. The molecule has 1 aromatic rings. The second kappa shape index (κ2) is 10.1. The van der Waals surface area contributed by atoms with Crippen LogP contribution in [0.25, 0.3) is 0 Å². The van der Waals surface area contributed by atoms with Crippen LogP contribution in [0.3, 0.4) is 0 Å². The molecular formula is C15H27IN6OS. The van der Waals surface area contributed by atoms with Crippen molar-refractivity contribution in [2.75, 3.05) is 43.9 Å². The van der Waals surface area contributed by atoms with E-state index < -0.39 is 0 Å². The minimum absolute atomic E-state index is 0. The van der Waals surface area contributed by atoms with Crippen molar-refractivity contribution in [1.82, 2.24) is 20.0 Å². The first-order chi connectivity index (χ1) is 11.0. The van der Waals surface area contributed by atoms with E-state index in [1.807, 2.05) is 25.1 Å². The minimum Gasteiger partial charge on any atom is -0.357 e. The van der Waals surface area contributed by atoms with Gasteiger partial charge in [0.25, 0.3) is 0 Å². The zero-order valence-corrected chi connectivity index (χ0v) is 17.9. The number of rotatable bonds is 5. The van der Waals surface area contributed by atoms with Crippen LogP contribution in [0.2, 0.25) is 0 Å². The highest BCUT2D eigenvalue weighted by Gasteiger charge is 2.27. The topological polar surface area (TPSA) is 65.8 Å². The van der Waals surface area contributed by atoms with Crippen molar-refractivity contribution >= 4 is 53.3 Å². The van der Waals surface area contributed by atoms with Crippen molar-refractivity contribution in [3.8, 4) is 0 Å². The highest BCUT2D eigenvalue weighted by molar-refractivity contribution is 14.0. The molecule has 0 aliphatic carbocycles. The smallest absolute Gasteiger partial charge is 0.246 e. The quantitative estimate of drug-likeness (QED) is 0.404. The monoisotopic (exact) mass is 466 g/mol. The molecule has 1 atom stereocenters. The van der Waals surface area contributed by atoms with Crippen LogP contribution in [0.5, 0.6) is 0 Å². The average molecular weight is 466 g/mol. The van der Waals surface area contributed by atoms with Crippen molar-refractivity contribution in [3.63, 3.8) is 0 Å². The Hall–Kier alpha value is -0.970. The summed E-state index contributed by atoms with van der Waals surface area (Å²) in [7, 11) is 1.85. The van der Waals surface area contributed by atoms with Gasteiger partial charge >= 0.3 is 0 Å². The molecule has 0 spiro atoms. The Morgan fingerprint density at radius 2 is 2.25 bits per heavy atom. The molecule has 2 rings (SSSR count). The normalized spacial score (nSPS) is 16.8. The summed E-state index contributed by atoms with van der Waals surface area (Å²) in [5, 5.41) is 7.90. The Kier molecular flexibility index (Phi) is 8.88. The third kappa shape index (κ3) is 5.54. The van der Waals surface area contributed by atoms with Crippen LogP contribution in [-0.2, 0) is 11.8 Å². The number of hydrogen-bond acceptors (Lipinski definition) is 4. The van der Waals surface area contributed by atoms with E-state index in [-0.39, 0.29) is 29.9 Å². The fourth-order valence-electron chi connectivity index (χ4n) is 2.39. The van der Waals surface area contributed by atoms with Gasteiger partial charge in [-0.05, 0) is 13.2 Å². The first-order valence-electron chi connectivity index (χ1n) is 7.90. The van der Waals surface area contributed by atoms with Crippen LogP contribution < -0.4 is 10.2 Å². The van der Waals surface area contributed by atoms with Crippen molar-refractivity contribution < 1.29 is 4.79 Å². The zero-order valence-electron chi connectivity index (χ0n) is 14.7. The molecule has 1 amide bonds. The lowest BCUT2D eigenvalue weighted by Gasteiger charge is -2.35. The van der Waals surface area contributed by atoms with Gasteiger partial charge in [0.15, 0.2) is 5.96 Å². The van der Waals surface area contributed by atoms with E-state index in [0.29, 0.717) is 18.3 Å². The summed E-state index contributed by atoms with van der Waals surface area (Å²) in [4.78, 5) is 21.0. The summed E-state index contributed by atoms with van der Waals surface area (Å²) in [5.41, 5.74) is 0.857. The summed E-state index contributed by atoms with van der Waals surface area (Å²) in [6.07, 6.45) is 5.68. The number of nitrogens with one attached hydrogen (secondary N) is 1. The number of amides is 1. The van der Waals surface area contributed by atoms with Crippen molar-refractivity contribution in [3.05, 3.63) is 12.4 Å². The molecule has 1 aromatic heterocycles. The summed E-state index contributed by atoms with van der Waals surface area (Å²) in [6, 6.07) is 0. The molecule has 7 nitrogen and oxygen atoms in total. The SMILES string of the molecule is CCNC(=NCC(C)SC)N1CCN(c2cnn(C)c2)C(=O)C1.I. The number of aromatic nitrogens is 2. The van der Waals surface area contributed by atoms with Crippen LogP contribution in [0.1, 0.15) is 13.8 Å². The van der Waals surface area contributed by atoms with Crippen molar-refractivity contribution in [2.45, 2.75) is 19.1 Å².